The summed E-state index contributed by atoms with van der Waals surface area (Å²) in [4.78, 5) is 23.7. The summed E-state index contributed by atoms with van der Waals surface area (Å²) in [5.74, 6) is 0.642. The molecule has 2 aliphatic rings. The van der Waals surface area contributed by atoms with Crippen molar-refractivity contribution in [2.24, 2.45) is 0 Å². The van der Waals surface area contributed by atoms with Crippen LogP contribution in [0.4, 0.5) is 17.1 Å². The van der Waals surface area contributed by atoms with Crippen molar-refractivity contribution in [3.63, 3.8) is 0 Å². The maximum atomic E-state index is 13.7. The van der Waals surface area contributed by atoms with Crippen molar-refractivity contribution < 1.29 is 21.6 Å². The van der Waals surface area contributed by atoms with Crippen LogP contribution in [0.25, 0.3) is 11.4 Å². The van der Waals surface area contributed by atoms with Crippen molar-refractivity contribution in [1.82, 2.24) is 24.6 Å². The van der Waals surface area contributed by atoms with E-state index in [2.05, 4.69) is 20.0 Å². The number of ether oxygens (including phenoxy) is 1. The Labute approximate surface area is 258 Å². The molecule has 1 saturated heterocycles. The van der Waals surface area contributed by atoms with Crippen LogP contribution in [0.3, 0.4) is 0 Å². The quantitative estimate of drug-likeness (QED) is 0.283. The first-order valence-corrected chi connectivity index (χ1v) is 18.0. The van der Waals surface area contributed by atoms with Crippen molar-refractivity contribution in [2.45, 2.75) is 44.0 Å². The Bertz CT molecular complexity index is 1770. The number of nitrogens with zero attached hydrogens (tertiary/aromatic N) is 4. The SMILES string of the molecule is CCCOc1ccc(S(=O)(=O)N2CCN(C)CC2)cc1-c1nc2c(c(=O)[nH]1)N(c1ccc(NS(C)(=O)=O)cc1)NC2CCC. The Balaban J connectivity index is 1.57. The molecule has 0 aliphatic carbocycles. The van der Waals surface area contributed by atoms with E-state index in [1.165, 1.54) is 10.4 Å². The van der Waals surface area contributed by atoms with Crippen molar-refractivity contribution in [2.75, 3.05) is 55.8 Å². The highest BCUT2D eigenvalue weighted by Crippen LogP contribution is 2.39. The molecular formula is C29H39N7O6S2. The van der Waals surface area contributed by atoms with E-state index < -0.39 is 25.6 Å². The number of aromatic nitrogens is 2. The summed E-state index contributed by atoms with van der Waals surface area (Å²) < 4.78 is 60.4. The monoisotopic (exact) mass is 645 g/mol. The Morgan fingerprint density at radius 2 is 1.70 bits per heavy atom. The van der Waals surface area contributed by atoms with Crippen LogP contribution in [0.5, 0.6) is 5.75 Å². The van der Waals surface area contributed by atoms with E-state index in [1.807, 2.05) is 20.9 Å². The molecule has 0 amide bonds. The lowest BCUT2D eigenvalue weighted by Crippen LogP contribution is -2.47. The number of benzene rings is 2. The lowest BCUT2D eigenvalue weighted by molar-refractivity contribution is 0.222. The third kappa shape index (κ3) is 6.76. The molecule has 2 aliphatic heterocycles. The van der Waals surface area contributed by atoms with Crippen molar-refractivity contribution in [3.8, 4) is 17.1 Å². The molecule has 3 aromatic rings. The van der Waals surface area contributed by atoms with E-state index in [4.69, 9.17) is 9.72 Å². The van der Waals surface area contributed by atoms with Gasteiger partial charge < -0.3 is 14.6 Å². The normalized spacial score (nSPS) is 17.9. The third-order valence-corrected chi connectivity index (χ3v) is 10.0. The van der Waals surface area contributed by atoms with Gasteiger partial charge >= 0.3 is 0 Å². The fraction of sp³-hybridized carbons (Fsp3) is 0.448. The van der Waals surface area contributed by atoms with Gasteiger partial charge in [0.15, 0.2) is 0 Å². The number of H-pyrrole nitrogens is 1. The minimum absolute atomic E-state index is 0.108. The second-order valence-electron chi connectivity index (χ2n) is 11.1. The van der Waals surface area contributed by atoms with Crippen LogP contribution in [-0.4, -0.2) is 82.1 Å². The van der Waals surface area contributed by atoms with E-state index >= 15 is 0 Å². The lowest BCUT2D eigenvalue weighted by atomic mass is 10.1. The number of hydrazine groups is 1. The van der Waals surface area contributed by atoms with Gasteiger partial charge in [0.25, 0.3) is 5.56 Å². The predicted octanol–water partition coefficient (Wildman–Crippen LogP) is 3.03. The van der Waals surface area contributed by atoms with Crippen LogP contribution in [0.2, 0.25) is 0 Å². The highest BCUT2D eigenvalue weighted by atomic mass is 32.2. The molecule has 44 heavy (non-hydrogen) atoms. The Morgan fingerprint density at radius 1 is 1.00 bits per heavy atom. The second kappa shape index (κ2) is 12.9. The van der Waals surface area contributed by atoms with Crippen molar-refractivity contribution >= 4 is 37.1 Å². The number of anilines is 3. The fourth-order valence-electron chi connectivity index (χ4n) is 5.31. The number of piperazine rings is 1. The van der Waals surface area contributed by atoms with E-state index in [9.17, 15) is 21.6 Å². The van der Waals surface area contributed by atoms with Gasteiger partial charge in [-0.15, -0.1) is 0 Å². The molecule has 3 N–H and O–H groups in total. The summed E-state index contributed by atoms with van der Waals surface area (Å²) in [6, 6.07) is 11.0. The second-order valence-corrected chi connectivity index (χ2v) is 14.8. The average molecular weight is 646 g/mol. The number of hydrogen-bond acceptors (Lipinski definition) is 10. The van der Waals surface area contributed by atoms with Gasteiger partial charge in [-0.3, -0.25) is 14.5 Å². The van der Waals surface area contributed by atoms with Gasteiger partial charge in [-0.05, 0) is 62.4 Å². The maximum absolute atomic E-state index is 13.7. The number of fused-ring (bicyclic) bond motifs is 1. The number of nitrogens with one attached hydrogen (secondary N) is 3. The first-order valence-electron chi connectivity index (χ1n) is 14.7. The third-order valence-electron chi connectivity index (χ3n) is 7.53. The van der Waals surface area contributed by atoms with Crippen LogP contribution in [0.15, 0.2) is 52.2 Å². The molecule has 0 saturated carbocycles. The van der Waals surface area contributed by atoms with E-state index in [1.54, 1.807) is 41.4 Å². The molecule has 15 heteroatoms. The molecule has 1 atom stereocenters. The highest BCUT2D eigenvalue weighted by molar-refractivity contribution is 7.92. The molecule has 0 radical (unpaired) electrons. The Morgan fingerprint density at radius 3 is 2.34 bits per heavy atom. The van der Waals surface area contributed by atoms with Crippen LogP contribution in [0, 0.1) is 0 Å². The smallest absolute Gasteiger partial charge is 0.276 e. The Hall–Kier alpha value is -3.50. The van der Waals surface area contributed by atoms with Crippen molar-refractivity contribution in [3.05, 3.63) is 58.5 Å². The summed E-state index contributed by atoms with van der Waals surface area (Å²) in [5.41, 5.74) is 5.20. The number of hydrogen-bond donors (Lipinski definition) is 3. The molecule has 0 spiro atoms. The lowest BCUT2D eigenvalue weighted by Gasteiger charge is -2.31. The zero-order valence-corrected chi connectivity index (χ0v) is 27.0. The van der Waals surface area contributed by atoms with Crippen LogP contribution in [-0.2, 0) is 20.0 Å². The van der Waals surface area contributed by atoms with Gasteiger partial charge in [-0.2, -0.15) is 4.31 Å². The summed E-state index contributed by atoms with van der Waals surface area (Å²) in [6.45, 7) is 6.48. The topological polar surface area (TPSA) is 157 Å². The van der Waals surface area contributed by atoms with Crippen molar-refractivity contribution in [1.29, 1.82) is 0 Å². The minimum atomic E-state index is -3.79. The van der Waals surface area contributed by atoms with Gasteiger partial charge in [0.05, 0.1) is 40.7 Å². The molecule has 1 fully saturated rings. The van der Waals surface area contributed by atoms with E-state index in [0.717, 1.165) is 19.1 Å². The first-order chi connectivity index (χ1) is 20.9. The predicted molar refractivity (Wildman–Crippen MR) is 170 cm³/mol. The average Bonchev–Trinajstić information content (AvgIpc) is 3.34. The molecule has 1 aromatic heterocycles. The number of likely N-dealkylation sites (N-methyl/N-ethyl adjacent to an activating group) is 1. The molecular weight excluding hydrogens is 606 g/mol. The van der Waals surface area contributed by atoms with Crippen LogP contribution in [0.1, 0.15) is 44.8 Å². The number of rotatable bonds is 11. The molecule has 0 bridgehead atoms. The summed E-state index contributed by atoms with van der Waals surface area (Å²) >= 11 is 0. The zero-order chi connectivity index (χ0) is 31.6. The van der Waals surface area contributed by atoms with Crippen LogP contribution >= 0.6 is 0 Å². The van der Waals surface area contributed by atoms with E-state index in [-0.39, 0.29) is 16.8 Å². The standard InChI is InChI=1S/C29H39N7O6S2/c1-5-7-24-26-27(36(32-24)21-10-8-20(9-11-21)33-43(4,38)39)29(37)31-28(30-26)23-19-22(12-13-25(23)42-18-6-2)44(40,41)35-16-14-34(3)15-17-35/h8-13,19,24,32-33H,5-7,14-18H2,1-4H3,(H,30,31,37). The largest absolute Gasteiger partial charge is 0.493 e. The fourth-order valence-corrected chi connectivity index (χ4v) is 7.32. The summed E-state index contributed by atoms with van der Waals surface area (Å²) in [7, 11) is -5.26. The first kappa shape index (κ1) is 31.9. The summed E-state index contributed by atoms with van der Waals surface area (Å²) in [5, 5.41) is 1.65. The zero-order valence-electron chi connectivity index (χ0n) is 25.3. The molecule has 2 aromatic carbocycles. The van der Waals surface area contributed by atoms with Gasteiger partial charge in [0, 0.05) is 31.9 Å². The number of sulfonamides is 2. The minimum Gasteiger partial charge on any atom is -0.493 e. The molecule has 3 heterocycles. The molecule has 13 nitrogen and oxygen atoms in total. The highest BCUT2D eigenvalue weighted by Gasteiger charge is 2.35. The van der Waals surface area contributed by atoms with E-state index in [0.29, 0.717) is 73.3 Å². The molecule has 1 unspecified atom stereocenters. The van der Waals surface area contributed by atoms with Gasteiger partial charge in [-0.25, -0.2) is 27.2 Å². The Kier molecular flexibility index (Phi) is 9.32. The van der Waals surface area contributed by atoms with Crippen LogP contribution < -0.4 is 25.5 Å². The van der Waals surface area contributed by atoms with Gasteiger partial charge in [-0.1, -0.05) is 20.3 Å². The molecule has 238 valence electrons. The summed E-state index contributed by atoms with van der Waals surface area (Å²) in [6.07, 6.45) is 3.32. The maximum Gasteiger partial charge on any atom is 0.276 e. The number of aromatic amines is 1. The van der Waals surface area contributed by atoms with Gasteiger partial charge in [0.1, 0.15) is 17.3 Å². The van der Waals surface area contributed by atoms with Gasteiger partial charge in [0.2, 0.25) is 20.0 Å². The molecule has 5 rings (SSSR count).